The van der Waals surface area contributed by atoms with Crippen LogP contribution in [0.2, 0.25) is 0 Å². The molecule has 2 heterocycles. The Morgan fingerprint density at radius 2 is 2.12 bits per heavy atom. The number of hydrogen-bond acceptors (Lipinski definition) is 2. The molecule has 0 unspecified atom stereocenters. The molecule has 2 aliphatic heterocycles. The molecule has 1 amide bonds. The molecule has 17 heavy (non-hydrogen) atoms. The van der Waals surface area contributed by atoms with E-state index in [0.29, 0.717) is 12.6 Å². The van der Waals surface area contributed by atoms with Gasteiger partial charge in [0, 0.05) is 6.54 Å². The standard InChI is InChI=1S/C14H17NO2/c16-14(12-8-11-6-7-13(12)17-11)15-9-10-4-2-1-3-5-10/h1-5,11-13H,6-9H2,(H,15,16)/t11-,12-,13+/m1/s1. The summed E-state index contributed by atoms with van der Waals surface area (Å²) in [6.45, 7) is 0.619. The van der Waals surface area contributed by atoms with Crippen molar-refractivity contribution in [3.63, 3.8) is 0 Å². The average molecular weight is 231 g/mol. The van der Waals surface area contributed by atoms with Gasteiger partial charge in [0.05, 0.1) is 18.1 Å². The van der Waals surface area contributed by atoms with Crippen LogP contribution < -0.4 is 5.32 Å². The second-order valence-corrected chi connectivity index (χ2v) is 4.92. The fourth-order valence-corrected chi connectivity index (χ4v) is 2.83. The molecular weight excluding hydrogens is 214 g/mol. The molecule has 1 N–H and O–H groups in total. The highest BCUT2D eigenvalue weighted by Crippen LogP contribution is 2.38. The van der Waals surface area contributed by atoms with Gasteiger partial charge in [-0.3, -0.25) is 4.79 Å². The molecule has 1 aromatic carbocycles. The first-order chi connectivity index (χ1) is 8.33. The Bertz CT molecular complexity index is 404. The Labute approximate surface area is 101 Å². The minimum absolute atomic E-state index is 0.0810. The first kappa shape index (κ1) is 10.8. The predicted octanol–water partition coefficient (Wildman–Crippen LogP) is 1.87. The van der Waals surface area contributed by atoms with E-state index in [0.717, 1.165) is 24.8 Å². The monoisotopic (exact) mass is 231 g/mol. The highest BCUT2D eigenvalue weighted by Gasteiger charge is 2.44. The Hall–Kier alpha value is -1.35. The van der Waals surface area contributed by atoms with Gasteiger partial charge in [-0.05, 0) is 24.8 Å². The van der Waals surface area contributed by atoms with Crippen LogP contribution in [0.25, 0.3) is 0 Å². The maximum Gasteiger partial charge on any atom is 0.226 e. The summed E-state index contributed by atoms with van der Waals surface area (Å²) >= 11 is 0. The normalized spacial score (nSPS) is 30.5. The fraction of sp³-hybridized carbons (Fsp3) is 0.500. The van der Waals surface area contributed by atoms with Crippen LogP contribution in [0.3, 0.4) is 0 Å². The Kier molecular flexibility index (Phi) is 2.85. The summed E-state index contributed by atoms with van der Waals surface area (Å²) in [6, 6.07) is 10.0. The van der Waals surface area contributed by atoms with Gasteiger partial charge in [0.15, 0.2) is 0 Å². The highest BCUT2D eigenvalue weighted by atomic mass is 16.5. The Morgan fingerprint density at radius 3 is 2.76 bits per heavy atom. The molecule has 90 valence electrons. The van der Waals surface area contributed by atoms with E-state index < -0.39 is 0 Å². The van der Waals surface area contributed by atoms with Crippen LogP contribution in [-0.4, -0.2) is 18.1 Å². The Morgan fingerprint density at radius 1 is 1.29 bits per heavy atom. The van der Waals surface area contributed by atoms with E-state index in [9.17, 15) is 4.79 Å². The van der Waals surface area contributed by atoms with Crippen molar-refractivity contribution in [2.45, 2.75) is 38.0 Å². The van der Waals surface area contributed by atoms with Crippen LogP contribution in [0.1, 0.15) is 24.8 Å². The summed E-state index contributed by atoms with van der Waals surface area (Å²) in [5, 5.41) is 3.01. The number of amides is 1. The average Bonchev–Trinajstić information content (AvgIpc) is 2.99. The molecular formula is C14H17NO2. The van der Waals surface area contributed by atoms with E-state index in [1.807, 2.05) is 30.3 Å². The van der Waals surface area contributed by atoms with Crippen LogP contribution in [0, 0.1) is 5.92 Å². The van der Waals surface area contributed by atoms with Crippen LogP contribution in [-0.2, 0) is 16.1 Å². The number of fused-ring (bicyclic) bond motifs is 2. The molecule has 2 aliphatic rings. The van der Waals surface area contributed by atoms with Gasteiger partial charge in [0.25, 0.3) is 0 Å². The SMILES string of the molecule is O=C(NCc1ccccc1)[C@@H]1C[C@H]2CC[C@@H]1O2. The van der Waals surface area contributed by atoms with Crippen molar-refractivity contribution in [2.75, 3.05) is 0 Å². The number of ether oxygens (including phenoxy) is 1. The molecule has 2 bridgehead atoms. The second kappa shape index (κ2) is 4.49. The van der Waals surface area contributed by atoms with Crippen LogP contribution >= 0.6 is 0 Å². The summed E-state index contributed by atoms with van der Waals surface area (Å²) in [7, 11) is 0. The molecule has 1 aromatic rings. The zero-order valence-electron chi connectivity index (χ0n) is 9.76. The van der Waals surface area contributed by atoms with E-state index in [-0.39, 0.29) is 17.9 Å². The number of benzene rings is 1. The van der Waals surface area contributed by atoms with Gasteiger partial charge in [-0.25, -0.2) is 0 Å². The summed E-state index contributed by atoms with van der Waals surface area (Å²) in [5.41, 5.74) is 1.14. The van der Waals surface area contributed by atoms with E-state index in [1.54, 1.807) is 0 Å². The van der Waals surface area contributed by atoms with Crippen LogP contribution in [0.15, 0.2) is 30.3 Å². The third kappa shape index (κ3) is 2.20. The molecule has 3 atom stereocenters. The first-order valence-corrected chi connectivity index (χ1v) is 6.30. The molecule has 3 heteroatoms. The zero-order chi connectivity index (χ0) is 11.7. The van der Waals surface area contributed by atoms with Gasteiger partial charge in [0.1, 0.15) is 0 Å². The van der Waals surface area contributed by atoms with E-state index in [1.165, 1.54) is 0 Å². The number of rotatable bonds is 3. The molecule has 3 rings (SSSR count). The second-order valence-electron chi connectivity index (χ2n) is 4.92. The lowest BCUT2D eigenvalue weighted by atomic mass is 9.88. The first-order valence-electron chi connectivity index (χ1n) is 6.30. The van der Waals surface area contributed by atoms with E-state index in [2.05, 4.69) is 5.32 Å². The molecule has 0 aromatic heterocycles. The van der Waals surface area contributed by atoms with Crippen molar-refractivity contribution in [1.29, 1.82) is 0 Å². The zero-order valence-corrected chi connectivity index (χ0v) is 9.76. The number of carbonyl (C=O) groups excluding carboxylic acids is 1. The van der Waals surface area contributed by atoms with Gasteiger partial charge in [-0.15, -0.1) is 0 Å². The lowest BCUT2D eigenvalue weighted by molar-refractivity contribution is -0.126. The smallest absolute Gasteiger partial charge is 0.226 e. The molecule has 0 spiro atoms. The lowest BCUT2D eigenvalue weighted by Gasteiger charge is -2.17. The molecule has 3 nitrogen and oxygen atoms in total. The minimum atomic E-state index is 0.0810. The van der Waals surface area contributed by atoms with Gasteiger partial charge in [0.2, 0.25) is 5.91 Å². The maximum atomic E-state index is 12.0. The third-order valence-corrected chi connectivity index (χ3v) is 3.75. The van der Waals surface area contributed by atoms with Crippen molar-refractivity contribution in [1.82, 2.24) is 5.32 Å². The van der Waals surface area contributed by atoms with Crippen LogP contribution in [0.5, 0.6) is 0 Å². The van der Waals surface area contributed by atoms with Crippen molar-refractivity contribution >= 4 is 5.91 Å². The molecule has 2 saturated heterocycles. The Balaban J connectivity index is 1.54. The molecule has 2 fully saturated rings. The topological polar surface area (TPSA) is 38.3 Å². The summed E-state index contributed by atoms with van der Waals surface area (Å²) < 4.78 is 5.70. The number of carbonyl (C=O) groups is 1. The molecule has 0 saturated carbocycles. The highest BCUT2D eigenvalue weighted by molar-refractivity contribution is 5.79. The van der Waals surface area contributed by atoms with Crippen LogP contribution in [0.4, 0.5) is 0 Å². The van der Waals surface area contributed by atoms with Gasteiger partial charge < -0.3 is 10.1 Å². The quantitative estimate of drug-likeness (QED) is 0.862. The fourth-order valence-electron chi connectivity index (χ4n) is 2.83. The van der Waals surface area contributed by atoms with Gasteiger partial charge >= 0.3 is 0 Å². The largest absolute Gasteiger partial charge is 0.374 e. The summed E-state index contributed by atoms with van der Waals surface area (Å²) in [4.78, 5) is 12.0. The summed E-state index contributed by atoms with van der Waals surface area (Å²) in [6.07, 6.45) is 3.61. The lowest BCUT2D eigenvalue weighted by Crippen LogP contribution is -2.35. The number of hydrogen-bond donors (Lipinski definition) is 1. The van der Waals surface area contributed by atoms with E-state index >= 15 is 0 Å². The molecule has 0 radical (unpaired) electrons. The van der Waals surface area contributed by atoms with Gasteiger partial charge in [-0.1, -0.05) is 30.3 Å². The van der Waals surface area contributed by atoms with Crippen molar-refractivity contribution in [3.05, 3.63) is 35.9 Å². The predicted molar refractivity (Wildman–Crippen MR) is 64.3 cm³/mol. The maximum absolute atomic E-state index is 12.0. The minimum Gasteiger partial charge on any atom is -0.374 e. The summed E-state index contributed by atoms with van der Waals surface area (Å²) in [5.74, 6) is 0.235. The molecule has 0 aliphatic carbocycles. The van der Waals surface area contributed by atoms with Crippen molar-refractivity contribution in [2.24, 2.45) is 5.92 Å². The van der Waals surface area contributed by atoms with E-state index in [4.69, 9.17) is 4.74 Å². The number of nitrogens with one attached hydrogen (secondary N) is 1. The van der Waals surface area contributed by atoms with Crippen molar-refractivity contribution in [3.8, 4) is 0 Å². The van der Waals surface area contributed by atoms with Crippen molar-refractivity contribution < 1.29 is 9.53 Å². The third-order valence-electron chi connectivity index (χ3n) is 3.75. The van der Waals surface area contributed by atoms with Gasteiger partial charge in [-0.2, -0.15) is 0 Å².